The van der Waals surface area contributed by atoms with Gasteiger partial charge in [0.15, 0.2) is 6.10 Å². The number of aromatic nitrogens is 1. The molecule has 4 aromatic rings. The van der Waals surface area contributed by atoms with E-state index in [0.717, 1.165) is 17.6 Å². The first-order valence-corrected chi connectivity index (χ1v) is 11.8. The molecular weight excluding hydrogens is 459 g/mol. The molecule has 0 spiro atoms. The molecule has 2 N–H and O–H groups in total. The van der Waals surface area contributed by atoms with Crippen molar-refractivity contribution in [2.24, 2.45) is 0 Å². The first kappa shape index (κ1) is 23.2. The number of ketones is 1. The van der Waals surface area contributed by atoms with Crippen LogP contribution in [-0.2, 0) is 14.8 Å². The second kappa shape index (κ2) is 9.11. The quantitative estimate of drug-likeness (QED) is 0.291. The van der Waals surface area contributed by atoms with Gasteiger partial charge in [0.25, 0.3) is 10.0 Å². The number of esters is 1. The predicted octanol–water partition coefficient (Wildman–Crippen LogP) is 4.84. The van der Waals surface area contributed by atoms with Gasteiger partial charge in [0.1, 0.15) is 5.82 Å². The van der Waals surface area contributed by atoms with Crippen molar-refractivity contribution in [2.45, 2.75) is 24.8 Å². The number of hydrogen-bond acceptors (Lipinski definition) is 5. The van der Waals surface area contributed by atoms with Crippen LogP contribution in [0.25, 0.3) is 10.9 Å². The van der Waals surface area contributed by atoms with E-state index >= 15 is 0 Å². The summed E-state index contributed by atoms with van der Waals surface area (Å²) in [6.45, 7) is 2.90. The second-order valence-electron chi connectivity index (χ2n) is 7.72. The number of benzene rings is 3. The van der Waals surface area contributed by atoms with E-state index in [1.807, 2.05) is 12.1 Å². The summed E-state index contributed by atoms with van der Waals surface area (Å²) < 4.78 is 46.9. The number of aromatic amines is 1. The Balaban J connectivity index is 1.55. The van der Waals surface area contributed by atoms with Gasteiger partial charge in [-0.05, 0) is 55.8 Å². The van der Waals surface area contributed by atoms with Gasteiger partial charge in [-0.3, -0.25) is 9.52 Å². The summed E-state index contributed by atoms with van der Waals surface area (Å²) >= 11 is 0. The molecule has 1 aromatic heterocycles. The van der Waals surface area contributed by atoms with Crippen molar-refractivity contribution in [2.75, 3.05) is 4.72 Å². The van der Waals surface area contributed by atoms with Crippen molar-refractivity contribution in [3.8, 4) is 0 Å². The summed E-state index contributed by atoms with van der Waals surface area (Å²) in [5.41, 5.74) is 1.24. The number of halogens is 1. The predicted molar refractivity (Wildman–Crippen MR) is 126 cm³/mol. The van der Waals surface area contributed by atoms with Gasteiger partial charge in [0.05, 0.1) is 16.1 Å². The van der Waals surface area contributed by atoms with Crippen molar-refractivity contribution in [3.63, 3.8) is 0 Å². The van der Waals surface area contributed by atoms with Crippen molar-refractivity contribution < 1.29 is 27.1 Å². The van der Waals surface area contributed by atoms with Crippen LogP contribution < -0.4 is 4.72 Å². The number of H-pyrrole nitrogens is 1. The summed E-state index contributed by atoms with van der Waals surface area (Å²) in [6.07, 6.45) is 0.445. The van der Waals surface area contributed by atoms with Crippen molar-refractivity contribution in [1.82, 2.24) is 4.98 Å². The van der Waals surface area contributed by atoms with Crippen LogP contribution in [0.1, 0.15) is 33.2 Å². The zero-order valence-corrected chi connectivity index (χ0v) is 19.1. The van der Waals surface area contributed by atoms with Gasteiger partial charge in [-0.2, -0.15) is 0 Å². The highest BCUT2D eigenvalue weighted by atomic mass is 32.2. The maximum atomic E-state index is 13.6. The normalized spacial score (nSPS) is 12.3. The lowest BCUT2D eigenvalue weighted by molar-refractivity contribution is 0.0320. The van der Waals surface area contributed by atoms with Gasteiger partial charge < -0.3 is 9.72 Å². The van der Waals surface area contributed by atoms with Crippen LogP contribution in [-0.4, -0.2) is 31.3 Å². The standard InChI is InChI=1S/C25H21FN2O5S/c1-15-13-17(11-12-21(15)26)34(31,32)28-23-10-6-4-8-19(23)25(30)33-16(2)24(29)20-14-27-22-9-5-3-7-18(20)22/h3-14,16,27-28H,1-2H3. The molecule has 9 heteroatoms. The maximum absolute atomic E-state index is 13.6. The molecule has 34 heavy (non-hydrogen) atoms. The van der Waals surface area contributed by atoms with Gasteiger partial charge in [-0.15, -0.1) is 0 Å². The Kier molecular flexibility index (Phi) is 6.21. The average Bonchev–Trinajstić information content (AvgIpc) is 3.24. The summed E-state index contributed by atoms with van der Waals surface area (Å²) in [5.74, 6) is -1.79. The van der Waals surface area contributed by atoms with E-state index in [0.29, 0.717) is 10.9 Å². The molecule has 0 saturated heterocycles. The topological polar surface area (TPSA) is 105 Å². The lowest BCUT2D eigenvalue weighted by atomic mass is 10.1. The number of fused-ring (bicyclic) bond motifs is 1. The number of anilines is 1. The molecular formula is C25H21FN2O5S. The Hall–Kier alpha value is -3.98. The Bertz CT molecular complexity index is 1510. The molecule has 7 nitrogen and oxygen atoms in total. The molecule has 0 fully saturated rings. The average molecular weight is 481 g/mol. The monoisotopic (exact) mass is 480 g/mol. The van der Waals surface area contributed by atoms with Gasteiger partial charge >= 0.3 is 5.97 Å². The molecule has 0 aliphatic rings. The lowest BCUT2D eigenvalue weighted by Crippen LogP contribution is -2.25. The molecule has 1 heterocycles. The number of ether oxygens (including phenoxy) is 1. The number of aryl methyl sites for hydroxylation is 1. The fourth-order valence-corrected chi connectivity index (χ4v) is 4.67. The minimum Gasteiger partial charge on any atom is -0.451 e. The molecule has 1 unspecified atom stereocenters. The van der Waals surface area contributed by atoms with Crippen LogP contribution in [0.2, 0.25) is 0 Å². The minimum atomic E-state index is -4.11. The molecule has 0 aliphatic carbocycles. The van der Waals surface area contributed by atoms with E-state index in [9.17, 15) is 22.4 Å². The van der Waals surface area contributed by atoms with E-state index in [4.69, 9.17) is 4.74 Å². The smallest absolute Gasteiger partial charge is 0.340 e. The van der Waals surface area contributed by atoms with Crippen LogP contribution in [0.15, 0.2) is 77.8 Å². The highest BCUT2D eigenvalue weighted by Gasteiger charge is 2.25. The van der Waals surface area contributed by atoms with Crippen LogP contribution in [0.5, 0.6) is 0 Å². The van der Waals surface area contributed by atoms with Crippen molar-refractivity contribution >= 4 is 38.4 Å². The Morgan fingerprint density at radius 2 is 1.71 bits per heavy atom. The number of hydrogen-bond donors (Lipinski definition) is 2. The molecule has 0 radical (unpaired) electrons. The summed E-state index contributed by atoms with van der Waals surface area (Å²) in [6, 6.07) is 16.5. The Morgan fingerprint density at radius 1 is 1.00 bits per heavy atom. The number of carbonyl (C=O) groups excluding carboxylic acids is 2. The molecule has 1 atom stereocenters. The maximum Gasteiger partial charge on any atom is 0.340 e. The zero-order valence-electron chi connectivity index (χ0n) is 18.3. The third-order valence-corrected chi connectivity index (χ3v) is 6.70. The molecule has 0 amide bonds. The fraction of sp³-hybridized carbons (Fsp3) is 0.120. The van der Waals surface area contributed by atoms with Crippen LogP contribution in [0.4, 0.5) is 10.1 Å². The third-order valence-electron chi connectivity index (χ3n) is 5.34. The highest BCUT2D eigenvalue weighted by molar-refractivity contribution is 7.92. The molecule has 0 saturated carbocycles. The van der Waals surface area contributed by atoms with Gasteiger partial charge in [-0.25, -0.2) is 17.6 Å². The number of para-hydroxylation sites is 2. The number of rotatable bonds is 7. The van der Waals surface area contributed by atoms with Crippen LogP contribution in [0, 0.1) is 12.7 Å². The SMILES string of the molecule is Cc1cc(S(=O)(=O)Nc2ccccc2C(=O)OC(C)C(=O)c2c[nH]c3ccccc23)ccc1F. The Morgan fingerprint density at radius 3 is 2.47 bits per heavy atom. The van der Waals surface area contributed by atoms with E-state index in [1.165, 1.54) is 32.0 Å². The van der Waals surface area contributed by atoms with Gasteiger partial charge in [0, 0.05) is 22.7 Å². The lowest BCUT2D eigenvalue weighted by Gasteiger charge is -2.15. The highest BCUT2D eigenvalue weighted by Crippen LogP contribution is 2.24. The van der Waals surface area contributed by atoms with Crippen molar-refractivity contribution in [1.29, 1.82) is 0 Å². The molecule has 3 aromatic carbocycles. The van der Waals surface area contributed by atoms with E-state index in [-0.39, 0.29) is 21.7 Å². The first-order valence-electron chi connectivity index (χ1n) is 10.4. The number of carbonyl (C=O) groups is 2. The molecule has 174 valence electrons. The Labute approximate surface area is 195 Å². The number of nitrogens with one attached hydrogen (secondary N) is 2. The first-order chi connectivity index (χ1) is 16.2. The molecule has 0 bridgehead atoms. The summed E-state index contributed by atoms with van der Waals surface area (Å²) in [5, 5.41) is 0.707. The second-order valence-corrected chi connectivity index (χ2v) is 9.40. The zero-order chi connectivity index (χ0) is 24.5. The van der Waals surface area contributed by atoms with Gasteiger partial charge in [-0.1, -0.05) is 30.3 Å². The summed E-state index contributed by atoms with van der Waals surface area (Å²) in [4.78, 5) is 28.6. The summed E-state index contributed by atoms with van der Waals surface area (Å²) in [7, 11) is -4.11. The van der Waals surface area contributed by atoms with E-state index in [1.54, 1.807) is 30.5 Å². The number of Topliss-reactive ketones (excluding diaryl/α,β-unsaturated/α-hetero) is 1. The van der Waals surface area contributed by atoms with Crippen molar-refractivity contribution in [3.05, 3.63) is 95.4 Å². The van der Waals surface area contributed by atoms with Crippen LogP contribution in [0.3, 0.4) is 0 Å². The fourth-order valence-electron chi connectivity index (χ4n) is 3.51. The number of sulfonamides is 1. The van der Waals surface area contributed by atoms with Crippen LogP contribution >= 0.6 is 0 Å². The van der Waals surface area contributed by atoms with E-state index < -0.39 is 33.7 Å². The molecule has 4 rings (SSSR count). The largest absolute Gasteiger partial charge is 0.451 e. The van der Waals surface area contributed by atoms with Gasteiger partial charge in [0.2, 0.25) is 5.78 Å². The van der Waals surface area contributed by atoms with E-state index in [2.05, 4.69) is 9.71 Å². The third kappa shape index (κ3) is 4.55. The molecule has 0 aliphatic heterocycles. The minimum absolute atomic E-state index is 0.0266.